The molecule has 1 aliphatic carbocycles. The summed E-state index contributed by atoms with van der Waals surface area (Å²) in [7, 11) is 0. The minimum Gasteiger partial charge on any atom is -0.368 e. The second-order valence-corrected chi connectivity index (χ2v) is 6.50. The van der Waals surface area contributed by atoms with Crippen molar-refractivity contribution < 1.29 is 0 Å². The van der Waals surface area contributed by atoms with E-state index in [0.717, 1.165) is 19.3 Å². The Balaban J connectivity index is 1.59. The van der Waals surface area contributed by atoms with E-state index in [1.165, 1.54) is 42.7 Å². The normalized spacial score (nSPS) is 33.3. The number of aryl methyl sites for hydroxylation is 1. The van der Waals surface area contributed by atoms with E-state index in [4.69, 9.17) is 5.73 Å². The molecule has 2 fully saturated rings. The highest BCUT2D eigenvalue weighted by Crippen LogP contribution is 2.29. The van der Waals surface area contributed by atoms with Gasteiger partial charge in [0, 0.05) is 36.9 Å². The first-order chi connectivity index (χ1) is 9.28. The average molecular weight is 257 g/mol. The Morgan fingerprint density at radius 2 is 1.84 bits per heavy atom. The molecular formula is C16H23N3. The van der Waals surface area contributed by atoms with Gasteiger partial charge in [0.05, 0.1) is 0 Å². The van der Waals surface area contributed by atoms with Crippen LogP contribution in [0.15, 0.2) is 18.2 Å². The number of anilines is 1. The molecule has 2 bridgehead atoms. The number of benzene rings is 1. The zero-order valence-corrected chi connectivity index (χ0v) is 11.4. The molecule has 102 valence electrons. The van der Waals surface area contributed by atoms with E-state index < -0.39 is 0 Å². The summed E-state index contributed by atoms with van der Waals surface area (Å²) in [4.78, 5) is 2.58. The molecule has 0 amide bonds. The van der Waals surface area contributed by atoms with Gasteiger partial charge >= 0.3 is 0 Å². The van der Waals surface area contributed by atoms with Gasteiger partial charge in [-0.3, -0.25) is 0 Å². The Labute approximate surface area is 115 Å². The molecule has 4 rings (SSSR count). The minimum atomic E-state index is 0.369. The van der Waals surface area contributed by atoms with Gasteiger partial charge < -0.3 is 16.0 Å². The lowest BCUT2D eigenvalue weighted by molar-refractivity contribution is 0.465. The molecule has 3 heteroatoms. The molecule has 1 aromatic carbocycles. The van der Waals surface area contributed by atoms with E-state index in [0.29, 0.717) is 18.1 Å². The summed E-state index contributed by atoms with van der Waals surface area (Å²) in [5.74, 6) is 0. The number of piperazine rings is 1. The summed E-state index contributed by atoms with van der Waals surface area (Å²) in [5, 5.41) is 3.70. The fraction of sp³-hybridized carbons (Fsp3) is 0.625. The molecule has 3 atom stereocenters. The van der Waals surface area contributed by atoms with Crippen molar-refractivity contribution in [3.63, 3.8) is 0 Å². The van der Waals surface area contributed by atoms with Gasteiger partial charge in [-0.05, 0) is 55.4 Å². The number of hydrogen-bond donors (Lipinski definition) is 2. The van der Waals surface area contributed by atoms with Crippen LogP contribution in [0.3, 0.4) is 0 Å². The molecular weight excluding hydrogens is 234 g/mol. The molecule has 2 unspecified atom stereocenters. The van der Waals surface area contributed by atoms with Gasteiger partial charge in [-0.25, -0.2) is 0 Å². The number of rotatable bonds is 1. The van der Waals surface area contributed by atoms with E-state index in [1.807, 2.05) is 0 Å². The maximum Gasteiger partial charge on any atom is 0.0370 e. The van der Waals surface area contributed by atoms with Gasteiger partial charge in [-0.2, -0.15) is 0 Å². The summed E-state index contributed by atoms with van der Waals surface area (Å²) in [6.07, 6.45) is 6.05. The molecule has 19 heavy (non-hydrogen) atoms. The van der Waals surface area contributed by atoms with Crippen LogP contribution in [0.5, 0.6) is 0 Å². The molecule has 3 aliphatic rings. The molecule has 0 aromatic heterocycles. The molecule has 2 aliphatic heterocycles. The molecule has 3 N–H and O–H groups in total. The van der Waals surface area contributed by atoms with Gasteiger partial charge in [0.25, 0.3) is 0 Å². The van der Waals surface area contributed by atoms with Crippen LogP contribution in [-0.2, 0) is 12.8 Å². The average Bonchev–Trinajstić information content (AvgIpc) is 2.77. The van der Waals surface area contributed by atoms with E-state index in [2.05, 4.69) is 28.4 Å². The third kappa shape index (κ3) is 2.15. The maximum atomic E-state index is 6.06. The number of fused-ring (bicyclic) bond motifs is 3. The van der Waals surface area contributed by atoms with Crippen LogP contribution in [0.1, 0.15) is 30.4 Å². The van der Waals surface area contributed by atoms with Crippen molar-refractivity contribution in [2.45, 2.75) is 50.2 Å². The van der Waals surface area contributed by atoms with Crippen molar-refractivity contribution in [1.82, 2.24) is 5.32 Å². The van der Waals surface area contributed by atoms with Crippen LogP contribution >= 0.6 is 0 Å². The minimum absolute atomic E-state index is 0.369. The van der Waals surface area contributed by atoms with Crippen LogP contribution in [-0.4, -0.2) is 31.2 Å². The lowest BCUT2D eigenvalue weighted by Gasteiger charge is -2.35. The summed E-state index contributed by atoms with van der Waals surface area (Å²) in [6, 6.07) is 8.83. The zero-order chi connectivity index (χ0) is 12.8. The lowest BCUT2D eigenvalue weighted by atomic mass is 9.88. The smallest absolute Gasteiger partial charge is 0.0370 e. The highest BCUT2D eigenvalue weighted by atomic mass is 15.2. The van der Waals surface area contributed by atoms with Crippen LogP contribution in [0.25, 0.3) is 0 Å². The molecule has 3 nitrogen and oxygen atoms in total. The first-order valence-corrected chi connectivity index (χ1v) is 7.66. The van der Waals surface area contributed by atoms with Gasteiger partial charge in [0.2, 0.25) is 0 Å². The predicted molar refractivity (Wildman–Crippen MR) is 78.6 cm³/mol. The third-order valence-corrected chi connectivity index (χ3v) is 5.04. The number of nitrogens with one attached hydrogen (secondary N) is 1. The van der Waals surface area contributed by atoms with Gasteiger partial charge in [-0.1, -0.05) is 6.07 Å². The summed E-state index contributed by atoms with van der Waals surface area (Å²) in [6.45, 7) is 2.35. The van der Waals surface area contributed by atoms with Crippen molar-refractivity contribution in [1.29, 1.82) is 0 Å². The van der Waals surface area contributed by atoms with Crippen molar-refractivity contribution in [3.8, 4) is 0 Å². The second-order valence-electron chi connectivity index (χ2n) is 6.50. The summed E-state index contributed by atoms with van der Waals surface area (Å²) < 4.78 is 0. The van der Waals surface area contributed by atoms with Crippen LogP contribution < -0.4 is 16.0 Å². The number of hydrogen-bond acceptors (Lipinski definition) is 3. The topological polar surface area (TPSA) is 41.3 Å². The highest BCUT2D eigenvalue weighted by molar-refractivity contribution is 5.53. The van der Waals surface area contributed by atoms with E-state index >= 15 is 0 Å². The van der Waals surface area contributed by atoms with Crippen molar-refractivity contribution in [2.24, 2.45) is 5.73 Å². The standard InChI is InChI=1S/C16H23N3/c17-13-3-1-12-8-16(6-2-11(12)7-13)19-9-14-4-5-15(10-19)18-14/h2,6,8,13-15,18H,1,3-5,7,9-10,17H2/t13-,14?,15?/m0/s1. The summed E-state index contributed by atoms with van der Waals surface area (Å²) in [5.41, 5.74) is 10.5. The largest absolute Gasteiger partial charge is 0.368 e. The predicted octanol–water partition coefficient (Wildman–Crippen LogP) is 1.44. The highest BCUT2D eigenvalue weighted by Gasteiger charge is 2.32. The maximum absolute atomic E-state index is 6.06. The van der Waals surface area contributed by atoms with Crippen molar-refractivity contribution in [2.75, 3.05) is 18.0 Å². The van der Waals surface area contributed by atoms with Crippen molar-refractivity contribution >= 4 is 5.69 Å². The van der Waals surface area contributed by atoms with E-state index in [9.17, 15) is 0 Å². The quantitative estimate of drug-likeness (QED) is 0.800. The van der Waals surface area contributed by atoms with Gasteiger partial charge in [-0.15, -0.1) is 0 Å². The molecule has 2 heterocycles. The van der Waals surface area contributed by atoms with Crippen molar-refractivity contribution in [3.05, 3.63) is 29.3 Å². The van der Waals surface area contributed by atoms with Crippen LogP contribution in [0.4, 0.5) is 5.69 Å². The monoisotopic (exact) mass is 257 g/mol. The Morgan fingerprint density at radius 3 is 2.63 bits per heavy atom. The Morgan fingerprint density at radius 1 is 1.05 bits per heavy atom. The second kappa shape index (κ2) is 4.50. The molecule has 2 saturated heterocycles. The Bertz CT molecular complexity index is 473. The summed E-state index contributed by atoms with van der Waals surface area (Å²) >= 11 is 0. The lowest BCUT2D eigenvalue weighted by Crippen LogP contribution is -2.51. The number of nitrogens with two attached hydrogens (primary N) is 1. The first kappa shape index (κ1) is 11.7. The molecule has 0 radical (unpaired) electrons. The Hall–Kier alpha value is -1.06. The first-order valence-electron chi connectivity index (χ1n) is 7.66. The molecule has 0 spiro atoms. The van der Waals surface area contributed by atoms with E-state index in [1.54, 1.807) is 0 Å². The van der Waals surface area contributed by atoms with Crippen LogP contribution in [0.2, 0.25) is 0 Å². The third-order valence-electron chi connectivity index (χ3n) is 5.04. The molecule has 0 saturated carbocycles. The number of nitrogens with zero attached hydrogens (tertiary/aromatic N) is 1. The van der Waals surface area contributed by atoms with Crippen LogP contribution in [0, 0.1) is 0 Å². The fourth-order valence-electron chi connectivity index (χ4n) is 3.97. The molecule has 1 aromatic rings. The SMILES string of the molecule is N[C@H]1CCc2cc(N3CC4CCC(C3)N4)ccc2C1. The zero-order valence-electron chi connectivity index (χ0n) is 11.4. The fourth-order valence-corrected chi connectivity index (χ4v) is 3.97. The Kier molecular flexibility index (Phi) is 2.78. The van der Waals surface area contributed by atoms with Gasteiger partial charge in [0.1, 0.15) is 0 Å². The van der Waals surface area contributed by atoms with E-state index in [-0.39, 0.29) is 0 Å². The van der Waals surface area contributed by atoms with Gasteiger partial charge in [0.15, 0.2) is 0 Å².